The van der Waals surface area contributed by atoms with Crippen LogP contribution in [-0.4, -0.2) is 17.4 Å². The lowest BCUT2D eigenvalue weighted by Crippen LogP contribution is -2.30. The van der Waals surface area contributed by atoms with Gasteiger partial charge in [-0.05, 0) is 29.9 Å². The third kappa shape index (κ3) is 3.24. The topological polar surface area (TPSA) is 52.9 Å². The zero-order valence-corrected chi connectivity index (χ0v) is 10.3. The molecule has 1 N–H and O–H groups in total. The first-order valence-corrected chi connectivity index (χ1v) is 6.79. The Morgan fingerprint density at radius 2 is 2.24 bits per heavy atom. The van der Waals surface area contributed by atoms with Crippen LogP contribution in [0.5, 0.6) is 0 Å². The lowest BCUT2D eigenvalue weighted by molar-refractivity contribution is -0.124. The fourth-order valence-corrected chi connectivity index (χ4v) is 2.99. The van der Waals surface area contributed by atoms with Gasteiger partial charge in [-0.1, -0.05) is 12.1 Å². The largest absolute Gasteiger partial charge is 0.352 e. The van der Waals surface area contributed by atoms with E-state index in [1.807, 2.05) is 23.9 Å². The number of amides is 1. The number of thioether (sulfide) groups is 1. The highest BCUT2D eigenvalue weighted by molar-refractivity contribution is 7.99. The fourth-order valence-electron chi connectivity index (χ4n) is 1.77. The minimum Gasteiger partial charge on any atom is -0.352 e. The predicted molar refractivity (Wildman–Crippen MR) is 68.4 cm³/mol. The third-order valence-electron chi connectivity index (χ3n) is 2.85. The first-order valence-electron chi connectivity index (χ1n) is 5.64. The summed E-state index contributed by atoms with van der Waals surface area (Å²) in [5, 5.41) is 11.6. The van der Waals surface area contributed by atoms with Crippen LogP contribution in [0, 0.1) is 17.2 Å². The van der Waals surface area contributed by atoms with E-state index in [1.54, 1.807) is 12.1 Å². The van der Waals surface area contributed by atoms with Gasteiger partial charge in [0.15, 0.2) is 0 Å². The first kappa shape index (κ1) is 12.0. The van der Waals surface area contributed by atoms with E-state index in [0.29, 0.717) is 12.1 Å². The molecule has 1 aliphatic heterocycles. The molecule has 4 heteroatoms. The lowest BCUT2D eigenvalue weighted by Gasteiger charge is -2.09. The minimum atomic E-state index is 0.152. The molecule has 1 aromatic rings. The molecule has 17 heavy (non-hydrogen) atoms. The van der Waals surface area contributed by atoms with E-state index >= 15 is 0 Å². The second-order valence-electron chi connectivity index (χ2n) is 4.09. The van der Waals surface area contributed by atoms with E-state index in [2.05, 4.69) is 11.4 Å². The predicted octanol–water partition coefficient (Wildman–Crippen LogP) is 1.93. The Balaban J connectivity index is 1.84. The van der Waals surface area contributed by atoms with Crippen molar-refractivity contribution in [2.45, 2.75) is 13.0 Å². The number of hydrogen-bond donors (Lipinski definition) is 1. The van der Waals surface area contributed by atoms with E-state index in [1.165, 1.54) is 0 Å². The van der Waals surface area contributed by atoms with Crippen LogP contribution in [0.25, 0.3) is 0 Å². The van der Waals surface area contributed by atoms with E-state index in [-0.39, 0.29) is 11.8 Å². The van der Waals surface area contributed by atoms with Gasteiger partial charge in [-0.25, -0.2) is 0 Å². The molecule has 0 saturated carbocycles. The Hall–Kier alpha value is -1.47. The number of benzene rings is 1. The Morgan fingerprint density at radius 1 is 1.47 bits per heavy atom. The van der Waals surface area contributed by atoms with Crippen molar-refractivity contribution in [3.63, 3.8) is 0 Å². The van der Waals surface area contributed by atoms with Gasteiger partial charge in [0.05, 0.1) is 11.6 Å². The van der Waals surface area contributed by atoms with Crippen molar-refractivity contribution in [2.24, 2.45) is 5.92 Å². The number of carbonyl (C=O) groups excluding carboxylic acids is 1. The average Bonchev–Trinajstić information content (AvgIpc) is 2.90. The summed E-state index contributed by atoms with van der Waals surface area (Å²) >= 11 is 1.84. The normalized spacial score (nSPS) is 18.6. The highest BCUT2D eigenvalue weighted by atomic mass is 32.2. The van der Waals surface area contributed by atoms with Crippen molar-refractivity contribution < 1.29 is 4.79 Å². The summed E-state index contributed by atoms with van der Waals surface area (Å²) in [7, 11) is 0. The molecule has 1 aromatic carbocycles. The Kier molecular flexibility index (Phi) is 4.05. The summed E-state index contributed by atoms with van der Waals surface area (Å²) in [6, 6.07) is 9.37. The van der Waals surface area contributed by atoms with Crippen LogP contribution in [0.15, 0.2) is 24.3 Å². The number of rotatable bonds is 3. The first-order chi connectivity index (χ1) is 8.29. The van der Waals surface area contributed by atoms with Gasteiger partial charge in [-0.2, -0.15) is 17.0 Å². The van der Waals surface area contributed by atoms with E-state index in [9.17, 15) is 4.79 Å². The lowest BCUT2D eigenvalue weighted by atomic mass is 10.1. The summed E-state index contributed by atoms with van der Waals surface area (Å²) in [5.41, 5.74) is 1.68. The highest BCUT2D eigenvalue weighted by Gasteiger charge is 2.22. The molecule has 1 fully saturated rings. The van der Waals surface area contributed by atoms with Gasteiger partial charge >= 0.3 is 0 Å². The van der Waals surface area contributed by atoms with Gasteiger partial charge < -0.3 is 5.32 Å². The summed E-state index contributed by atoms with van der Waals surface area (Å²) in [6.07, 6.45) is 0.990. The van der Waals surface area contributed by atoms with Gasteiger partial charge in [0, 0.05) is 18.2 Å². The van der Waals surface area contributed by atoms with Gasteiger partial charge in [-0.15, -0.1) is 0 Å². The van der Waals surface area contributed by atoms with E-state index in [0.717, 1.165) is 23.5 Å². The molecular formula is C13H14N2OS. The van der Waals surface area contributed by atoms with Crippen LogP contribution in [0.3, 0.4) is 0 Å². The van der Waals surface area contributed by atoms with Crippen molar-refractivity contribution in [1.29, 1.82) is 5.26 Å². The zero-order chi connectivity index (χ0) is 12.1. The molecule has 0 radical (unpaired) electrons. The maximum atomic E-state index is 11.8. The molecule has 0 aromatic heterocycles. The maximum absolute atomic E-state index is 11.8. The number of nitriles is 1. The van der Waals surface area contributed by atoms with Crippen molar-refractivity contribution in [3.05, 3.63) is 35.4 Å². The van der Waals surface area contributed by atoms with Crippen LogP contribution in [0.2, 0.25) is 0 Å². The molecule has 1 heterocycles. The summed E-state index contributed by atoms with van der Waals surface area (Å²) < 4.78 is 0. The molecule has 88 valence electrons. The molecule has 1 atom stereocenters. The van der Waals surface area contributed by atoms with Crippen molar-refractivity contribution >= 4 is 17.7 Å². The van der Waals surface area contributed by atoms with Crippen LogP contribution in [0.1, 0.15) is 17.5 Å². The molecular weight excluding hydrogens is 232 g/mol. The van der Waals surface area contributed by atoms with Gasteiger partial charge in [0.25, 0.3) is 0 Å². The maximum Gasteiger partial charge on any atom is 0.224 e. The Bertz CT molecular complexity index is 430. The highest BCUT2D eigenvalue weighted by Crippen LogP contribution is 2.23. The fraction of sp³-hybridized carbons (Fsp3) is 0.385. The Labute approximate surface area is 105 Å². The molecule has 1 unspecified atom stereocenters. The third-order valence-corrected chi connectivity index (χ3v) is 4.01. The van der Waals surface area contributed by atoms with Crippen molar-refractivity contribution in [2.75, 3.05) is 11.5 Å². The van der Waals surface area contributed by atoms with Gasteiger partial charge in [0.2, 0.25) is 5.91 Å². The molecule has 2 rings (SSSR count). The number of nitrogens with one attached hydrogen (secondary N) is 1. The second kappa shape index (κ2) is 5.74. The van der Waals surface area contributed by atoms with Crippen LogP contribution in [0.4, 0.5) is 0 Å². The molecule has 0 spiro atoms. The van der Waals surface area contributed by atoms with Crippen molar-refractivity contribution in [3.8, 4) is 6.07 Å². The molecule has 3 nitrogen and oxygen atoms in total. The zero-order valence-electron chi connectivity index (χ0n) is 9.48. The minimum absolute atomic E-state index is 0.152. The molecule has 1 amide bonds. The molecule has 0 bridgehead atoms. The number of nitrogens with zero attached hydrogens (tertiary/aromatic N) is 1. The number of hydrogen-bond acceptors (Lipinski definition) is 3. The summed E-state index contributed by atoms with van der Waals surface area (Å²) in [4.78, 5) is 11.8. The molecule has 1 saturated heterocycles. The van der Waals surface area contributed by atoms with E-state index < -0.39 is 0 Å². The van der Waals surface area contributed by atoms with Crippen molar-refractivity contribution in [1.82, 2.24) is 5.32 Å². The van der Waals surface area contributed by atoms with Crippen LogP contribution in [-0.2, 0) is 11.3 Å². The molecule has 0 aliphatic carbocycles. The average molecular weight is 246 g/mol. The smallest absolute Gasteiger partial charge is 0.224 e. The Morgan fingerprint density at radius 3 is 2.82 bits per heavy atom. The monoisotopic (exact) mass is 246 g/mol. The van der Waals surface area contributed by atoms with Gasteiger partial charge in [0.1, 0.15) is 0 Å². The molecule has 1 aliphatic rings. The van der Waals surface area contributed by atoms with Crippen LogP contribution < -0.4 is 5.32 Å². The SMILES string of the molecule is N#Cc1ccc(CNC(=O)C2CCSC2)cc1. The number of carbonyl (C=O) groups is 1. The van der Waals surface area contributed by atoms with Gasteiger partial charge in [-0.3, -0.25) is 4.79 Å². The van der Waals surface area contributed by atoms with E-state index in [4.69, 9.17) is 5.26 Å². The van der Waals surface area contributed by atoms with Crippen LogP contribution >= 0.6 is 11.8 Å². The summed E-state index contributed by atoms with van der Waals surface area (Å²) in [5.74, 6) is 2.37. The quantitative estimate of drug-likeness (QED) is 0.886. The summed E-state index contributed by atoms with van der Waals surface area (Å²) in [6.45, 7) is 0.547. The standard InChI is InChI=1S/C13H14N2OS/c14-7-10-1-3-11(4-2-10)8-15-13(16)12-5-6-17-9-12/h1-4,12H,5-6,8-9H2,(H,15,16). The second-order valence-corrected chi connectivity index (χ2v) is 5.24.